The van der Waals surface area contributed by atoms with Crippen LogP contribution in [0.15, 0.2) is 48.5 Å². The minimum Gasteiger partial charge on any atom is -0.506 e. The van der Waals surface area contributed by atoms with Crippen LogP contribution in [0, 0.1) is 0 Å². The number of amides is 1. The van der Waals surface area contributed by atoms with Crippen molar-refractivity contribution in [2.45, 2.75) is 0 Å². The summed E-state index contributed by atoms with van der Waals surface area (Å²) in [5.41, 5.74) is 1.04. The van der Waals surface area contributed by atoms with E-state index in [9.17, 15) is 9.90 Å². The lowest BCUT2D eigenvalue weighted by atomic mass is 10.2. The molecule has 21 heavy (non-hydrogen) atoms. The summed E-state index contributed by atoms with van der Waals surface area (Å²) in [4.78, 5) is 11.9. The highest BCUT2D eigenvalue weighted by molar-refractivity contribution is 6.31. The van der Waals surface area contributed by atoms with Crippen molar-refractivity contribution in [3.8, 4) is 11.5 Å². The number of ether oxygens (including phenoxy) is 1. The van der Waals surface area contributed by atoms with Crippen LogP contribution in [0.3, 0.4) is 0 Å². The Labute approximate surface area is 127 Å². The van der Waals surface area contributed by atoms with Gasteiger partial charge in [-0.1, -0.05) is 29.8 Å². The summed E-state index contributed by atoms with van der Waals surface area (Å²) < 4.78 is 5.19. The van der Waals surface area contributed by atoms with Crippen LogP contribution in [0.4, 0.5) is 5.69 Å². The summed E-state index contributed by atoms with van der Waals surface area (Å²) in [5.74, 6) is 0.254. The zero-order valence-electron chi connectivity index (χ0n) is 11.3. The Morgan fingerprint density at radius 3 is 2.81 bits per heavy atom. The molecule has 2 N–H and O–H groups in total. The van der Waals surface area contributed by atoms with Gasteiger partial charge in [-0.05, 0) is 30.3 Å². The minimum atomic E-state index is -0.376. The number of para-hydroxylation sites is 1. The number of carbonyl (C=O) groups is 1. The smallest absolute Gasteiger partial charge is 0.248 e. The van der Waals surface area contributed by atoms with Crippen molar-refractivity contribution in [3.63, 3.8) is 0 Å². The summed E-state index contributed by atoms with van der Waals surface area (Å²) >= 11 is 5.82. The lowest BCUT2D eigenvalue weighted by molar-refractivity contribution is -0.111. The summed E-state index contributed by atoms with van der Waals surface area (Å²) in [7, 11) is 1.57. The highest BCUT2D eigenvalue weighted by Gasteiger charge is 2.05. The Kier molecular flexibility index (Phi) is 4.85. The first-order valence-corrected chi connectivity index (χ1v) is 6.58. The van der Waals surface area contributed by atoms with E-state index in [0.717, 1.165) is 5.56 Å². The van der Waals surface area contributed by atoms with Crippen LogP contribution in [0.25, 0.3) is 6.08 Å². The fourth-order valence-electron chi connectivity index (χ4n) is 1.75. The Morgan fingerprint density at radius 1 is 1.29 bits per heavy atom. The second kappa shape index (κ2) is 6.81. The number of halogens is 1. The average molecular weight is 304 g/mol. The number of nitrogens with one attached hydrogen (secondary N) is 1. The van der Waals surface area contributed by atoms with Crippen LogP contribution in [-0.4, -0.2) is 18.1 Å². The summed E-state index contributed by atoms with van der Waals surface area (Å²) in [6, 6.07) is 11.8. The molecule has 0 saturated carbocycles. The van der Waals surface area contributed by atoms with Gasteiger partial charge in [-0.15, -0.1) is 0 Å². The number of carbonyl (C=O) groups excluding carboxylic acids is 1. The summed E-state index contributed by atoms with van der Waals surface area (Å²) in [6.07, 6.45) is 2.99. The van der Waals surface area contributed by atoms with Crippen molar-refractivity contribution in [1.29, 1.82) is 0 Å². The maximum Gasteiger partial charge on any atom is 0.248 e. The minimum absolute atomic E-state index is 0.0431. The SMILES string of the molecule is COc1ccccc1/C=C/C(=O)Nc1cc(Cl)ccc1O. The molecular weight excluding hydrogens is 290 g/mol. The van der Waals surface area contributed by atoms with Crippen LogP contribution in [0.2, 0.25) is 5.02 Å². The van der Waals surface area contributed by atoms with Crippen molar-refractivity contribution >= 4 is 29.3 Å². The molecule has 0 spiro atoms. The third-order valence-electron chi connectivity index (χ3n) is 2.77. The number of benzene rings is 2. The predicted molar refractivity (Wildman–Crippen MR) is 83.8 cm³/mol. The molecule has 0 fully saturated rings. The number of phenolic OH excluding ortho intramolecular Hbond substituents is 1. The molecule has 0 unspecified atom stereocenters. The van der Waals surface area contributed by atoms with E-state index < -0.39 is 0 Å². The molecule has 2 aromatic carbocycles. The van der Waals surface area contributed by atoms with Gasteiger partial charge in [-0.3, -0.25) is 4.79 Å². The van der Waals surface area contributed by atoms with E-state index in [2.05, 4.69) is 5.32 Å². The number of rotatable bonds is 4. The Hall–Kier alpha value is -2.46. The Bertz CT molecular complexity index is 683. The highest BCUT2D eigenvalue weighted by Crippen LogP contribution is 2.26. The molecule has 108 valence electrons. The normalized spacial score (nSPS) is 10.6. The monoisotopic (exact) mass is 303 g/mol. The van der Waals surface area contributed by atoms with E-state index in [1.165, 1.54) is 24.3 Å². The van der Waals surface area contributed by atoms with Gasteiger partial charge in [-0.2, -0.15) is 0 Å². The van der Waals surface area contributed by atoms with Gasteiger partial charge in [0.15, 0.2) is 0 Å². The first-order valence-electron chi connectivity index (χ1n) is 6.21. The van der Waals surface area contributed by atoms with Crippen molar-refractivity contribution in [1.82, 2.24) is 0 Å². The van der Waals surface area contributed by atoms with Crippen LogP contribution in [0.1, 0.15) is 5.56 Å². The van der Waals surface area contributed by atoms with E-state index in [0.29, 0.717) is 10.8 Å². The van der Waals surface area contributed by atoms with Crippen LogP contribution in [-0.2, 0) is 4.79 Å². The largest absolute Gasteiger partial charge is 0.506 e. The predicted octanol–water partition coefficient (Wildman–Crippen LogP) is 3.71. The molecule has 4 nitrogen and oxygen atoms in total. The standard InChI is InChI=1S/C16H14ClNO3/c1-21-15-5-3-2-4-11(15)6-9-16(20)18-13-10-12(17)7-8-14(13)19/h2-10,19H,1H3,(H,18,20)/b9-6+. The van der Waals surface area contributed by atoms with E-state index in [1.54, 1.807) is 19.3 Å². The molecule has 0 aliphatic heterocycles. The molecule has 0 saturated heterocycles. The number of anilines is 1. The van der Waals surface area contributed by atoms with Gasteiger partial charge in [0.1, 0.15) is 11.5 Å². The third-order valence-corrected chi connectivity index (χ3v) is 3.00. The second-order valence-electron chi connectivity index (χ2n) is 4.23. The van der Waals surface area contributed by atoms with Crippen molar-refractivity contribution in [3.05, 3.63) is 59.1 Å². The van der Waals surface area contributed by atoms with Gasteiger partial charge in [-0.25, -0.2) is 0 Å². The van der Waals surface area contributed by atoms with E-state index in [-0.39, 0.29) is 17.3 Å². The Balaban J connectivity index is 2.11. The zero-order chi connectivity index (χ0) is 15.2. The quantitative estimate of drug-likeness (QED) is 0.669. The lowest BCUT2D eigenvalue weighted by Crippen LogP contribution is -2.07. The van der Waals surface area contributed by atoms with E-state index in [1.807, 2.05) is 18.2 Å². The van der Waals surface area contributed by atoms with Crippen molar-refractivity contribution in [2.75, 3.05) is 12.4 Å². The molecule has 1 amide bonds. The van der Waals surface area contributed by atoms with Crippen LogP contribution in [0.5, 0.6) is 11.5 Å². The molecule has 2 rings (SSSR count). The molecule has 0 heterocycles. The van der Waals surface area contributed by atoms with Gasteiger partial charge < -0.3 is 15.2 Å². The molecule has 0 aliphatic rings. The molecule has 0 atom stereocenters. The fraction of sp³-hybridized carbons (Fsp3) is 0.0625. The number of aromatic hydroxyl groups is 1. The highest BCUT2D eigenvalue weighted by atomic mass is 35.5. The topological polar surface area (TPSA) is 58.6 Å². The molecule has 0 aliphatic carbocycles. The first-order chi connectivity index (χ1) is 10.1. The van der Waals surface area contributed by atoms with Crippen LogP contribution < -0.4 is 10.1 Å². The molecule has 0 bridgehead atoms. The van der Waals surface area contributed by atoms with Crippen LogP contribution >= 0.6 is 11.6 Å². The molecule has 0 radical (unpaired) electrons. The maximum absolute atomic E-state index is 11.9. The maximum atomic E-state index is 11.9. The van der Waals surface area contributed by atoms with E-state index >= 15 is 0 Å². The number of hydrogen-bond donors (Lipinski definition) is 2. The molecule has 2 aromatic rings. The summed E-state index contributed by atoms with van der Waals surface area (Å²) in [6.45, 7) is 0. The number of methoxy groups -OCH3 is 1. The van der Waals surface area contributed by atoms with Gasteiger partial charge >= 0.3 is 0 Å². The molecule has 5 heteroatoms. The van der Waals surface area contributed by atoms with Gasteiger partial charge in [0.2, 0.25) is 5.91 Å². The number of phenols is 1. The van der Waals surface area contributed by atoms with Gasteiger partial charge in [0, 0.05) is 16.7 Å². The molecular formula is C16H14ClNO3. The second-order valence-corrected chi connectivity index (χ2v) is 4.66. The Morgan fingerprint density at radius 2 is 2.05 bits per heavy atom. The fourth-order valence-corrected chi connectivity index (χ4v) is 1.92. The van der Waals surface area contributed by atoms with Crippen molar-refractivity contribution < 1.29 is 14.6 Å². The summed E-state index contributed by atoms with van der Waals surface area (Å²) in [5, 5.41) is 12.6. The van der Waals surface area contributed by atoms with Crippen molar-refractivity contribution in [2.24, 2.45) is 0 Å². The third kappa shape index (κ3) is 4.00. The van der Waals surface area contributed by atoms with Gasteiger partial charge in [0.05, 0.1) is 12.8 Å². The average Bonchev–Trinajstić information content (AvgIpc) is 2.49. The first kappa shape index (κ1) is 14.9. The molecule has 0 aromatic heterocycles. The zero-order valence-corrected chi connectivity index (χ0v) is 12.1. The van der Waals surface area contributed by atoms with E-state index in [4.69, 9.17) is 16.3 Å². The lowest BCUT2D eigenvalue weighted by Gasteiger charge is -2.06. The van der Waals surface area contributed by atoms with Gasteiger partial charge in [0.25, 0.3) is 0 Å². The number of hydrogen-bond acceptors (Lipinski definition) is 3.